The molecule has 0 spiro atoms. The molecule has 0 bridgehead atoms. The van der Waals surface area contributed by atoms with E-state index < -0.39 is 15.8 Å². The molecule has 1 aromatic rings. The molecule has 0 unspecified atom stereocenters. The Morgan fingerprint density at radius 3 is 2.48 bits per heavy atom. The SMILES string of the molecule is C=C(C)C(=O)OCCCCCCS(=O)(=O)c1ccc(O)c(C)c1. The number of esters is 1. The summed E-state index contributed by atoms with van der Waals surface area (Å²) < 4.78 is 29.3. The van der Waals surface area contributed by atoms with Gasteiger partial charge < -0.3 is 9.84 Å². The molecule has 0 saturated heterocycles. The first-order chi connectivity index (χ1) is 10.7. The second-order valence-electron chi connectivity index (χ2n) is 5.60. The monoisotopic (exact) mass is 340 g/mol. The van der Waals surface area contributed by atoms with E-state index in [0.29, 0.717) is 30.6 Å². The van der Waals surface area contributed by atoms with Crippen molar-refractivity contribution in [2.24, 2.45) is 0 Å². The minimum absolute atomic E-state index is 0.0722. The number of phenols is 1. The Bertz CT molecular complexity index is 662. The molecule has 6 heteroatoms. The molecule has 1 aromatic carbocycles. The van der Waals surface area contributed by atoms with E-state index in [1.807, 2.05) is 0 Å². The van der Waals surface area contributed by atoms with E-state index >= 15 is 0 Å². The lowest BCUT2D eigenvalue weighted by Crippen LogP contribution is -2.08. The number of aryl methyl sites for hydroxylation is 1. The smallest absolute Gasteiger partial charge is 0.333 e. The molecule has 128 valence electrons. The Morgan fingerprint density at radius 1 is 1.22 bits per heavy atom. The van der Waals surface area contributed by atoms with Crippen molar-refractivity contribution in [2.75, 3.05) is 12.4 Å². The van der Waals surface area contributed by atoms with Crippen LogP contribution in [0.2, 0.25) is 0 Å². The van der Waals surface area contributed by atoms with Crippen molar-refractivity contribution in [3.05, 3.63) is 35.9 Å². The van der Waals surface area contributed by atoms with Crippen molar-refractivity contribution < 1.29 is 23.1 Å². The summed E-state index contributed by atoms with van der Waals surface area (Å²) >= 11 is 0. The highest BCUT2D eigenvalue weighted by Crippen LogP contribution is 2.21. The quantitative estimate of drug-likeness (QED) is 0.424. The molecule has 1 N–H and O–H groups in total. The average Bonchev–Trinajstić information content (AvgIpc) is 2.48. The summed E-state index contributed by atoms with van der Waals surface area (Å²) in [6.07, 6.45) is 2.81. The summed E-state index contributed by atoms with van der Waals surface area (Å²) in [6.45, 7) is 7.09. The van der Waals surface area contributed by atoms with Crippen LogP contribution in [0, 0.1) is 6.92 Å². The number of benzene rings is 1. The van der Waals surface area contributed by atoms with Crippen LogP contribution in [0.25, 0.3) is 0 Å². The third-order valence-corrected chi connectivity index (χ3v) is 5.21. The molecular formula is C17H24O5S. The number of carbonyl (C=O) groups excluding carboxylic acids is 1. The molecule has 0 aliphatic carbocycles. The van der Waals surface area contributed by atoms with Gasteiger partial charge in [-0.05, 0) is 50.5 Å². The van der Waals surface area contributed by atoms with E-state index in [1.165, 1.54) is 18.2 Å². The van der Waals surface area contributed by atoms with Crippen molar-refractivity contribution in [1.82, 2.24) is 0 Å². The summed E-state index contributed by atoms with van der Waals surface area (Å²) in [4.78, 5) is 11.4. The molecule has 1 rings (SSSR count). The highest BCUT2D eigenvalue weighted by molar-refractivity contribution is 7.91. The molecule has 0 amide bonds. The van der Waals surface area contributed by atoms with Crippen LogP contribution in [-0.4, -0.2) is 31.9 Å². The van der Waals surface area contributed by atoms with E-state index in [2.05, 4.69) is 6.58 Å². The highest BCUT2D eigenvalue weighted by atomic mass is 32.2. The van der Waals surface area contributed by atoms with Crippen LogP contribution in [-0.2, 0) is 19.4 Å². The summed E-state index contributed by atoms with van der Waals surface area (Å²) in [5.41, 5.74) is 0.922. The molecule has 0 heterocycles. The van der Waals surface area contributed by atoms with E-state index in [1.54, 1.807) is 13.8 Å². The molecule has 0 saturated carbocycles. The van der Waals surface area contributed by atoms with Crippen LogP contribution >= 0.6 is 0 Å². The predicted molar refractivity (Wildman–Crippen MR) is 89.1 cm³/mol. The zero-order chi connectivity index (χ0) is 17.5. The fourth-order valence-corrected chi connectivity index (χ4v) is 3.43. The summed E-state index contributed by atoms with van der Waals surface area (Å²) in [7, 11) is -3.33. The van der Waals surface area contributed by atoms with Crippen LogP contribution in [0.3, 0.4) is 0 Å². The van der Waals surface area contributed by atoms with E-state index in [4.69, 9.17) is 4.74 Å². The van der Waals surface area contributed by atoms with Crippen LogP contribution in [0.1, 0.15) is 38.2 Å². The predicted octanol–water partition coefficient (Wildman–Crippen LogP) is 3.15. The third-order valence-electron chi connectivity index (χ3n) is 3.42. The number of phenolic OH excluding ortho intramolecular Hbond substituents is 1. The first-order valence-electron chi connectivity index (χ1n) is 7.59. The number of rotatable bonds is 9. The maximum atomic E-state index is 12.2. The number of hydrogen-bond donors (Lipinski definition) is 1. The fourth-order valence-electron chi connectivity index (χ4n) is 1.98. The average molecular weight is 340 g/mol. The van der Waals surface area contributed by atoms with Crippen molar-refractivity contribution in [2.45, 2.75) is 44.4 Å². The van der Waals surface area contributed by atoms with Gasteiger partial charge in [0.05, 0.1) is 17.3 Å². The normalized spacial score (nSPS) is 11.2. The van der Waals surface area contributed by atoms with E-state index in [-0.39, 0.29) is 16.4 Å². The molecule has 5 nitrogen and oxygen atoms in total. The number of unbranched alkanes of at least 4 members (excludes halogenated alkanes) is 3. The van der Waals surface area contributed by atoms with Crippen molar-refractivity contribution >= 4 is 15.8 Å². The lowest BCUT2D eigenvalue weighted by molar-refractivity contribution is -0.139. The number of ether oxygens (including phenoxy) is 1. The fraction of sp³-hybridized carbons (Fsp3) is 0.471. The number of sulfone groups is 1. The van der Waals surface area contributed by atoms with Gasteiger partial charge in [0, 0.05) is 5.57 Å². The molecule has 0 fully saturated rings. The van der Waals surface area contributed by atoms with Crippen molar-refractivity contribution in [3.8, 4) is 5.75 Å². The van der Waals surface area contributed by atoms with Crippen molar-refractivity contribution in [3.63, 3.8) is 0 Å². The Hall–Kier alpha value is -1.82. The summed E-state index contributed by atoms with van der Waals surface area (Å²) in [5, 5.41) is 9.44. The van der Waals surface area contributed by atoms with E-state index in [0.717, 1.165) is 12.8 Å². The van der Waals surface area contributed by atoms with Crippen LogP contribution in [0.5, 0.6) is 5.75 Å². The second kappa shape index (κ2) is 8.72. The van der Waals surface area contributed by atoms with Gasteiger partial charge in [-0.2, -0.15) is 0 Å². The Labute approximate surface area is 137 Å². The van der Waals surface area contributed by atoms with Gasteiger partial charge >= 0.3 is 5.97 Å². The molecule has 0 aliphatic heterocycles. The number of hydrogen-bond acceptors (Lipinski definition) is 5. The lowest BCUT2D eigenvalue weighted by Gasteiger charge is -2.07. The minimum atomic E-state index is -3.33. The second-order valence-corrected chi connectivity index (χ2v) is 7.71. The molecule has 0 aromatic heterocycles. The summed E-state index contributed by atoms with van der Waals surface area (Å²) in [6, 6.07) is 4.31. The summed E-state index contributed by atoms with van der Waals surface area (Å²) in [5.74, 6) is -0.230. The van der Waals surface area contributed by atoms with Gasteiger partial charge in [0.1, 0.15) is 5.75 Å². The molecular weight excluding hydrogens is 316 g/mol. The maximum Gasteiger partial charge on any atom is 0.333 e. The van der Waals surface area contributed by atoms with Crippen LogP contribution in [0.4, 0.5) is 0 Å². The van der Waals surface area contributed by atoms with Gasteiger partial charge in [-0.3, -0.25) is 0 Å². The molecule has 0 aliphatic rings. The largest absolute Gasteiger partial charge is 0.508 e. The highest BCUT2D eigenvalue weighted by Gasteiger charge is 2.15. The van der Waals surface area contributed by atoms with Gasteiger partial charge in [0.15, 0.2) is 9.84 Å². The van der Waals surface area contributed by atoms with E-state index in [9.17, 15) is 18.3 Å². The Kier molecular flexibility index (Phi) is 7.29. The van der Waals surface area contributed by atoms with Crippen LogP contribution < -0.4 is 0 Å². The zero-order valence-corrected chi connectivity index (χ0v) is 14.5. The zero-order valence-electron chi connectivity index (χ0n) is 13.7. The minimum Gasteiger partial charge on any atom is -0.508 e. The molecule has 0 radical (unpaired) electrons. The topological polar surface area (TPSA) is 80.7 Å². The standard InChI is InChI=1S/C17H24O5S/c1-13(2)17(19)22-10-6-4-5-7-11-23(20,21)15-8-9-16(18)14(3)12-15/h8-9,12,18H,1,4-7,10-11H2,2-3H3. The maximum absolute atomic E-state index is 12.2. The van der Waals surface area contributed by atoms with Gasteiger partial charge in [0.25, 0.3) is 0 Å². The Balaban J connectivity index is 2.30. The van der Waals surface area contributed by atoms with Gasteiger partial charge in [-0.1, -0.05) is 19.4 Å². The lowest BCUT2D eigenvalue weighted by atomic mass is 10.2. The molecule has 23 heavy (non-hydrogen) atoms. The van der Waals surface area contributed by atoms with Gasteiger partial charge in [-0.25, -0.2) is 13.2 Å². The van der Waals surface area contributed by atoms with Crippen LogP contribution in [0.15, 0.2) is 35.2 Å². The number of aromatic hydroxyl groups is 1. The van der Waals surface area contributed by atoms with Gasteiger partial charge in [0.2, 0.25) is 0 Å². The van der Waals surface area contributed by atoms with Crippen molar-refractivity contribution in [1.29, 1.82) is 0 Å². The Morgan fingerprint density at radius 2 is 1.87 bits per heavy atom. The third kappa shape index (κ3) is 6.44. The first kappa shape index (κ1) is 19.2. The van der Waals surface area contributed by atoms with Gasteiger partial charge in [-0.15, -0.1) is 0 Å². The molecule has 0 atom stereocenters. The number of carbonyl (C=O) groups is 1. The first-order valence-corrected chi connectivity index (χ1v) is 9.24.